The lowest BCUT2D eigenvalue weighted by atomic mass is 10.1. The smallest absolute Gasteiger partial charge is 0.305 e. The average molecular weight is 816 g/mol. The van der Waals surface area contributed by atoms with E-state index < -0.39 is 12.1 Å². The number of rotatable bonds is 46. The van der Waals surface area contributed by atoms with Crippen LogP contribution in [0.15, 0.2) is 36.5 Å². The quantitative estimate of drug-likeness (QED) is 0.0323. The van der Waals surface area contributed by atoms with Gasteiger partial charge in [0.05, 0.1) is 25.4 Å². The first kappa shape index (κ1) is 56.1. The van der Waals surface area contributed by atoms with Crippen LogP contribution in [0.2, 0.25) is 0 Å². The Labute approximate surface area is 360 Å². The van der Waals surface area contributed by atoms with Gasteiger partial charge < -0.3 is 20.3 Å². The maximum atomic E-state index is 12.4. The topological polar surface area (TPSA) is 95.9 Å². The van der Waals surface area contributed by atoms with Crippen molar-refractivity contribution in [3.8, 4) is 0 Å². The van der Waals surface area contributed by atoms with E-state index in [1.54, 1.807) is 6.08 Å². The lowest BCUT2D eigenvalue weighted by molar-refractivity contribution is -0.143. The summed E-state index contributed by atoms with van der Waals surface area (Å²) in [5, 5.41) is 22.9. The lowest BCUT2D eigenvalue weighted by Crippen LogP contribution is -2.45. The molecule has 58 heavy (non-hydrogen) atoms. The standard InChI is InChI=1S/C52H97NO5/c1-3-5-7-9-11-13-14-15-16-17-20-23-26-30-34-38-42-46-52(57)58-47-43-39-35-31-27-24-21-18-19-22-25-29-33-37-41-45-51(56)53-49(48-54)50(55)44-40-36-32-28-12-10-8-6-4-2/h15-16,21,24,40,44,49-50,54-55H,3-14,17-20,22-23,25-39,41-43,45-48H2,1-2H3,(H,53,56)/b16-15-,24-21-,44-40+. The lowest BCUT2D eigenvalue weighted by Gasteiger charge is -2.20. The Morgan fingerprint density at radius 2 is 0.810 bits per heavy atom. The molecule has 0 aromatic rings. The van der Waals surface area contributed by atoms with E-state index in [1.165, 1.54) is 161 Å². The minimum Gasteiger partial charge on any atom is -0.466 e. The molecule has 6 nitrogen and oxygen atoms in total. The molecule has 0 heterocycles. The van der Waals surface area contributed by atoms with Gasteiger partial charge in [-0.3, -0.25) is 9.59 Å². The number of hydrogen-bond donors (Lipinski definition) is 3. The molecule has 0 radical (unpaired) electrons. The summed E-state index contributed by atoms with van der Waals surface area (Å²) >= 11 is 0. The summed E-state index contributed by atoms with van der Waals surface area (Å²) in [6, 6.07) is -0.637. The highest BCUT2D eigenvalue weighted by molar-refractivity contribution is 5.76. The number of amides is 1. The van der Waals surface area contributed by atoms with Crippen LogP contribution in [0, 0.1) is 0 Å². The normalized spacial score (nSPS) is 13.0. The zero-order valence-corrected chi connectivity index (χ0v) is 38.5. The zero-order valence-electron chi connectivity index (χ0n) is 38.5. The van der Waals surface area contributed by atoms with Gasteiger partial charge in [-0.25, -0.2) is 0 Å². The number of carbonyl (C=O) groups excluding carboxylic acids is 2. The number of esters is 1. The van der Waals surface area contributed by atoms with Crippen LogP contribution in [0.3, 0.4) is 0 Å². The predicted octanol–water partition coefficient (Wildman–Crippen LogP) is 14.9. The highest BCUT2D eigenvalue weighted by Crippen LogP contribution is 2.14. The first-order valence-corrected chi connectivity index (χ1v) is 25.3. The number of nitrogens with one attached hydrogen (secondary N) is 1. The average Bonchev–Trinajstić information content (AvgIpc) is 3.22. The van der Waals surface area contributed by atoms with Crippen molar-refractivity contribution in [3.63, 3.8) is 0 Å². The molecule has 2 atom stereocenters. The van der Waals surface area contributed by atoms with E-state index in [0.29, 0.717) is 19.4 Å². The molecule has 0 saturated carbocycles. The van der Waals surface area contributed by atoms with Gasteiger partial charge in [0.1, 0.15) is 0 Å². The first-order valence-electron chi connectivity index (χ1n) is 25.3. The molecule has 2 unspecified atom stereocenters. The molecule has 3 N–H and O–H groups in total. The fraction of sp³-hybridized carbons (Fsp3) is 0.846. The van der Waals surface area contributed by atoms with Crippen molar-refractivity contribution < 1.29 is 24.5 Å². The Bertz CT molecular complexity index is 946. The van der Waals surface area contributed by atoms with Gasteiger partial charge in [0.2, 0.25) is 5.91 Å². The molecule has 0 aromatic heterocycles. The predicted molar refractivity (Wildman–Crippen MR) is 250 cm³/mol. The second-order valence-electron chi connectivity index (χ2n) is 17.1. The number of ether oxygens (including phenoxy) is 1. The van der Waals surface area contributed by atoms with E-state index in [0.717, 1.165) is 70.6 Å². The minimum absolute atomic E-state index is 0.0156. The fourth-order valence-electron chi connectivity index (χ4n) is 7.44. The largest absolute Gasteiger partial charge is 0.466 e. The molecule has 340 valence electrons. The van der Waals surface area contributed by atoms with Crippen LogP contribution in [0.1, 0.15) is 258 Å². The highest BCUT2D eigenvalue weighted by Gasteiger charge is 2.18. The fourth-order valence-corrected chi connectivity index (χ4v) is 7.44. The van der Waals surface area contributed by atoms with E-state index >= 15 is 0 Å². The summed E-state index contributed by atoms with van der Waals surface area (Å²) in [4.78, 5) is 24.4. The molecular weight excluding hydrogens is 719 g/mol. The van der Waals surface area contributed by atoms with Crippen molar-refractivity contribution in [1.29, 1.82) is 0 Å². The summed E-state index contributed by atoms with van der Waals surface area (Å²) in [5.41, 5.74) is 0. The minimum atomic E-state index is -0.852. The summed E-state index contributed by atoms with van der Waals surface area (Å²) < 4.78 is 5.46. The summed E-state index contributed by atoms with van der Waals surface area (Å²) in [7, 11) is 0. The van der Waals surface area contributed by atoms with Gasteiger partial charge in [0.15, 0.2) is 0 Å². The van der Waals surface area contributed by atoms with Crippen molar-refractivity contribution in [3.05, 3.63) is 36.5 Å². The molecule has 0 aliphatic heterocycles. The summed E-state index contributed by atoms with van der Waals surface area (Å²) in [6.45, 7) is 4.82. The zero-order chi connectivity index (χ0) is 42.3. The van der Waals surface area contributed by atoms with Crippen molar-refractivity contribution in [1.82, 2.24) is 5.32 Å². The van der Waals surface area contributed by atoms with E-state index in [9.17, 15) is 19.8 Å². The number of hydrogen-bond acceptors (Lipinski definition) is 5. The second kappa shape index (κ2) is 47.8. The Hall–Kier alpha value is -1.92. The molecule has 0 aromatic carbocycles. The Balaban J connectivity index is 3.47. The molecular formula is C52H97NO5. The molecule has 0 rings (SSSR count). The number of unbranched alkanes of at least 4 members (excludes halogenated alkanes) is 31. The second-order valence-corrected chi connectivity index (χ2v) is 17.1. The van der Waals surface area contributed by atoms with E-state index in [-0.39, 0.29) is 18.5 Å². The van der Waals surface area contributed by atoms with Crippen LogP contribution < -0.4 is 5.32 Å². The third kappa shape index (κ3) is 43.7. The maximum absolute atomic E-state index is 12.4. The molecule has 0 saturated heterocycles. The van der Waals surface area contributed by atoms with Crippen LogP contribution >= 0.6 is 0 Å². The van der Waals surface area contributed by atoms with Crippen LogP contribution in [0.5, 0.6) is 0 Å². The Morgan fingerprint density at radius 1 is 0.466 bits per heavy atom. The van der Waals surface area contributed by atoms with Gasteiger partial charge >= 0.3 is 5.97 Å². The Morgan fingerprint density at radius 3 is 1.22 bits per heavy atom. The number of aliphatic hydroxyl groups is 2. The molecule has 0 bridgehead atoms. The van der Waals surface area contributed by atoms with Crippen molar-refractivity contribution in [2.75, 3.05) is 13.2 Å². The molecule has 0 aliphatic carbocycles. The third-order valence-electron chi connectivity index (χ3n) is 11.4. The molecule has 0 spiro atoms. The van der Waals surface area contributed by atoms with Gasteiger partial charge in [0, 0.05) is 12.8 Å². The summed E-state index contributed by atoms with van der Waals surface area (Å²) in [5.74, 6) is -0.103. The van der Waals surface area contributed by atoms with Crippen LogP contribution in [-0.2, 0) is 14.3 Å². The van der Waals surface area contributed by atoms with Crippen molar-refractivity contribution in [2.24, 2.45) is 0 Å². The van der Waals surface area contributed by atoms with Crippen molar-refractivity contribution in [2.45, 2.75) is 270 Å². The van der Waals surface area contributed by atoms with Crippen molar-refractivity contribution >= 4 is 11.9 Å². The number of aliphatic hydroxyl groups excluding tert-OH is 2. The van der Waals surface area contributed by atoms with Crippen LogP contribution in [0.25, 0.3) is 0 Å². The summed E-state index contributed by atoms with van der Waals surface area (Å²) in [6.07, 6.45) is 57.2. The SMILES string of the molecule is CCCCCCCC/C=C\CCCCCCCCCC(=O)OCCCCCC/C=C\CCCCCCCCCC(=O)NC(CO)C(O)/C=C/CCCCCCCCC. The highest BCUT2D eigenvalue weighted by atomic mass is 16.5. The van der Waals surface area contributed by atoms with E-state index in [1.807, 2.05) is 6.08 Å². The molecule has 1 amide bonds. The number of allylic oxidation sites excluding steroid dienone is 5. The Kier molecular flexibility index (Phi) is 46.2. The molecule has 0 fully saturated rings. The molecule has 6 heteroatoms. The van der Waals surface area contributed by atoms with Gasteiger partial charge in [-0.15, -0.1) is 0 Å². The third-order valence-corrected chi connectivity index (χ3v) is 11.4. The first-order chi connectivity index (χ1) is 28.5. The van der Waals surface area contributed by atoms with Crippen LogP contribution in [0.4, 0.5) is 0 Å². The van der Waals surface area contributed by atoms with E-state index in [4.69, 9.17) is 4.74 Å². The van der Waals surface area contributed by atoms with Gasteiger partial charge in [0.25, 0.3) is 0 Å². The van der Waals surface area contributed by atoms with Gasteiger partial charge in [-0.05, 0) is 83.5 Å². The van der Waals surface area contributed by atoms with Gasteiger partial charge in [-0.1, -0.05) is 198 Å². The van der Waals surface area contributed by atoms with Gasteiger partial charge in [-0.2, -0.15) is 0 Å². The van der Waals surface area contributed by atoms with E-state index in [2.05, 4.69) is 43.5 Å². The number of carbonyl (C=O) groups is 2. The van der Waals surface area contributed by atoms with Crippen LogP contribution in [-0.4, -0.2) is 47.4 Å². The monoisotopic (exact) mass is 816 g/mol. The maximum Gasteiger partial charge on any atom is 0.305 e. The molecule has 0 aliphatic rings.